The Hall–Kier alpha value is -1.29. The number of nitrogens with one attached hydrogen (secondary N) is 1. The van der Waals surface area contributed by atoms with E-state index in [0.29, 0.717) is 12.5 Å². The van der Waals surface area contributed by atoms with E-state index in [1.807, 2.05) is 19.2 Å². The van der Waals surface area contributed by atoms with Gasteiger partial charge in [0.1, 0.15) is 12.7 Å². The topological polar surface area (TPSA) is 43.4 Å². The molecule has 0 bridgehead atoms. The van der Waals surface area contributed by atoms with Crippen molar-refractivity contribution in [2.24, 2.45) is 0 Å². The zero-order valence-corrected chi connectivity index (χ0v) is 7.49. The van der Waals surface area contributed by atoms with Crippen molar-refractivity contribution >= 4 is 0 Å². The highest BCUT2D eigenvalue weighted by Crippen LogP contribution is 2.27. The third kappa shape index (κ3) is 1.72. The zero-order valence-electron chi connectivity index (χ0n) is 7.49. The van der Waals surface area contributed by atoms with Gasteiger partial charge in [-0.25, -0.2) is 4.98 Å². The highest BCUT2D eigenvalue weighted by Gasteiger charge is 2.20. The van der Waals surface area contributed by atoms with Crippen molar-refractivity contribution < 1.29 is 9.47 Å². The van der Waals surface area contributed by atoms with Crippen LogP contribution >= 0.6 is 0 Å². The van der Waals surface area contributed by atoms with Crippen LogP contribution < -0.4 is 14.8 Å². The second-order valence-corrected chi connectivity index (χ2v) is 2.92. The fourth-order valence-electron chi connectivity index (χ4n) is 1.29. The predicted molar refractivity (Wildman–Crippen MR) is 48.1 cm³/mol. The van der Waals surface area contributed by atoms with E-state index in [9.17, 15) is 0 Å². The Labute approximate surface area is 76.9 Å². The summed E-state index contributed by atoms with van der Waals surface area (Å²) in [5.41, 5.74) is 0. The largest absolute Gasteiger partial charge is 0.480 e. The Morgan fingerprint density at radius 1 is 1.69 bits per heavy atom. The van der Waals surface area contributed by atoms with E-state index in [1.165, 1.54) is 0 Å². The summed E-state index contributed by atoms with van der Waals surface area (Å²) in [6.45, 7) is 1.35. The molecule has 2 heterocycles. The lowest BCUT2D eigenvalue weighted by atomic mass is 10.3. The molecule has 2 rings (SSSR count). The van der Waals surface area contributed by atoms with Crippen LogP contribution in [0, 0.1) is 0 Å². The first kappa shape index (κ1) is 8.31. The van der Waals surface area contributed by atoms with Gasteiger partial charge in [0.25, 0.3) is 5.88 Å². The summed E-state index contributed by atoms with van der Waals surface area (Å²) >= 11 is 0. The van der Waals surface area contributed by atoms with Crippen molar-refractivity contribution in [2.45, 2.75) is 6.10 Å². The van der Waals surface area contributed by atoms with Crippen LogP contribution in [-0.4, -0.2) is 31.3 Å². The first-order valence-electron chi connectivity index (χ1n) is 4.29. The van der Waals surface area contributed by atoms with Crippen LogP contribution in [0.3, 0.4) is 0 Å². The normalized spacial score (nSPS) is 19.9. The molecule has 1 aliphatic heterocycles. The van der Waals surface area contributed by atoms with Crippen molar-refractivity contribution in [1.82, 2.24) is 10.3 Å². The van der Waals surface area contributed by atoms with Crippen LogP contribution in [0.25, 0.3) is 0 Å². The first-order chi connectivity index (χ1) is 6.40. The molecule has 0 saturated carbocycles. The molecular formula is C9H12N2O2. The van der Waals surface area contributed by atoms with Gasteiger partial charge in [0.2, 0.25) is 0 Å². The Balaban J connectivity index is 2.11. The number of rotatable bonds is 2. The minimum absolute atomic E-state index is 0.0849. The highest BCUT2D eigenvalue weighted by atomic mass is 16.6. The second-order valence-electron chi connectivity index (χ2n) is 2.92. The summed E-state index contributed by atoms with van der Waals surface area (Å²) < 4.78 is 11.0. The van der Waals surface area contributed by atoms with Gasteiger partial charge in [-0.3, -0.25) is 0 Å². The summed E-state index contributed by atoms with van der Waals surface area (Å²) in [4.78, 5) is 4.05. The van der Waals surface area contributed by atoms with Crippen molar-refractivity contribution in [3.63, 3.8) is 0 Å². The number of nitrogens with zero attached hydrogens (tertiary/aromatic N) is 1. The van der Waals surface area contributed by atoms with Gasteiger partial charge in [0.05, 0.1) is 0 Å². The number of pyridine rings is 1. The molecule has 0 saturated heterocycles. The zero-order chi connectivity index (χ0) is 9.10. The van der Waals surface area contributed by atoms with Gasteiger partial charge in [-0.2, -0.15) is 0 Å². The molecule has 1 aliphatic rings. The molecular weight excluding hydrogens is 168 g/mol. The van der Waals surface area contributed by atoms with Gasteiger partial charge in [0.15, 0.2) is 5.75 Å². The maximum atomic E-state index is 5.62. The quantitative estimate of drug-likeness (QED) is 0.717. The predicted octanol–water partition coefficient (Wildman–Crippen LogP) is 0.441. The molecule has 1 N–H and O–H groups in total. The second kappa shape index (κ2) is 3.62. The Kier molecular flexibility index (Phi) is 2.31. The molecule has 0 radical (unpaired) electrons. The lowest BCUT2D eigenvalue weighted by Gasteiger charge is -2.25. The molecule has 70 valence electrons. The van der Waals surface area contributed by atoms with Crippen LogP contribution in [-0.2, 0) is 0 Å². The Morgan fingerprint density at radius 3 is 3.46 bits per heavy atom. The first-order valence-corrected chi connectivity index (χ1v) is 4.29. The fourth-order valence-corrected chi connectivity index (χ4v) is 1.29. The van der Waals surface area contributed by atoms with Crippen LogP contribution in [0.15, 0.2) is 18.3 Å². The summed E-state index contributed by atoms with van der Waals surface area (Å²) in [7, 11) is 1.89. The molecule has 4 heteroatoms. The summed E-state index contributed by atoms with van der Waals surface area (Å²) in [6, 6.07) is 3.70. The maximum absolute atomic E-state index is 5.62. The van der Waals surface area contributed by atoms with Gasteiger partial charge in [-0.05, 0) is 19.2 Å². The molecule has 1 aromatic heterocycles. The lowest BCUT2D eigenvalue weighted by Crippen LogP contribution is -2.37. The molecule has 1 atom stereocenters. The summed E-state index contributed by atoms with van der Waals surface area (Å²) in [5.74, 6) is 1.32. The van der Waals surface area contributed by atoms with Crippen molar-refractivity contribution in [3.8, 4) is 11.6 Å². The van der Waals surface area contributed by atoms with Crippen molar-refractivity contribution in [1.29, 1.82) is 0 Å². The van der Waals surface area contributed by atoms with E-state index in [2.05, 4.69) is 10.3 Å². The fraction of sp³-hybridized carbons (Fsp3) is 0.444. The van der Waals surface area contributed by atoms with E-state index in [-0.39, 0.29) is 6.10 Å². The monoisotopic (exact) mass is 180 g/mol. The molecule has 0 amide bonds. The summed E-state index contributed by atoms with van der Waals surface area (Å²) in [5, 5.41) is 3.04. The molecule has 13 heavy (non-hydrogen) atoms. The van der Waals surface area contributed by atoms with Gasteiger partial charge >= 0.3 is 0 Å². The maximum Gasteiger partial charge on any atom is 0.257 e. The smallest absolute Gasteiger partial charge is 0.257 e. The van der Waals surface area contributed by atoms with Gasteiger partial charge in [-0.1, -0.05) is 0 Å². The number of hydrogen-bond donors (Lipinski definition) is 1. The minimum atomic E-state index is 0.0849. The van der Waals surface area contributed by atoms with Crippen molar-refractivity contribution in [3.05, 3.63) is 18.3 Å². The number of hydrogen-bond acceptors (Lipinski definition) is 4. The Bertz CT molecular complexity index is 291. The number of ether oxygens (including phenoxy) is 2. The number of fused-ring (bicyclic) bond motifs is 1. The average molecular weight is 180 g/mol. The molecule has 1 aromatic rings. The van der Waals surface area contributed by atoms with E-state index in [1.54, 1.807) is 6.20 Å². The number of aromatic nitrogens is 1. The number of likely N-dealkylation sites (N-methyl/N-ethyl adjacent to an activating group) is 1. The van der Waals surface area contributed by atoms with E-state index >= 15 is 0 Å². The van der Waals surface area contributed by atoms with Crippen LogP contribution in [0.2, 0.25) is 0 Å². The lowest BCUT2D eigenvalue weighted by molar-refractivity contribution is 0.0871. The molecule has 0 spiro atoms. The van der Waals surface area contributed by atoms with Crippen LogP contribution in [0.4, 0.5) is 0 Å². The molecule has 0 aliphatic carbocycles. The van der Waals surface area contributed by atoms with Crippen molar-refractivity contribution in [2.75, 3.05) is 20.2 Å². The molecule has 1 unspecified atom stereocenters. The van der Waals surface area contributed by atoms with Crippen LogP contribution in [0.5, 0.6) is 11.6 Å². The minimum Gasteiger partial charge on any atom is -0.480 e. The van der Waals surface area contributed by atoms with E-state index in [4.69, 9.17) is 9.47 Å². The third-order valence-corrected chi connectivity index (χ3v) is 1.87. The van der Waals surface area contributed by atoms with Crippen LogP contribution in [0.1, 0.15) is 0 Å². The highest BCUT2D eigenvalue weighted by molar-refractivity contribution is 5.34. The molecule has 4 nitrogen and oxygen atoms in total. The van der Waals surface area contributed by atoms with Gasteiger partial charge < -0.3 is 14.8 Å². The van der Waals surface area contributed by atoms with E-state index < -0.39 is 0 Å². The molecule has 0 fully saturated rings. The SMILES string of the molecule is CNCC1COc2ncccc2O1. The van der Waals surface area contributed by atoms with Gasteiger partial charge in [0, 0.05) is 12.7 Å². The Morgan fingerprint density at radius 2 is 2.62 bits per heavy atom. The third-order valence-electron chi connectivity index (χ3n) is 1.87. The standard InChI is InChI=1S/C9H12N2O2/c1-10-5-7-6-12-9-8(13-7)3-2-4-11-9/h2-4,7,10H,5-6H2,1H3. The van der Waals surface area contributed by atoms with E-state index in [0.717, 1.165) is 12.3 Å². The molecule has 0 aromatic carbocycles. The summed E-state index contributed by atoms with van der Waals surface area (Å²) in [6.07, 6.45) is 1.78. The van der Waals surface area contributed by atoms with Gasteiger partial charge in [-0.15, -0.1) is 0 Å². The average Bonchev–Trinajstić information content (AvgIpc) is 2.18.